The number of urea groups is 1. The Balaban J connectivity index is 1.75. The predicted molar refractivity (Wildman–Crippen MR) is 81.5 cm³/mol. The second-order valence-corrected chi connectivity index (χ2v) is 6.05. The van der Waals surface area contributed by atoms with Crippen LogP contribution in [0.15, 0.2) is 24.3 Å². The number of carbonyl (C=O) groups is 2. The average Bonchev–Trinajstić information content (AvgIpc) is 3.02. The van der Waals surface area contributed by atoms with E-state index in [1.807, 2.05) is 24.3 Å². The highest BCUT2D eigenvalue weighted by Gasteiger charge is 2.57. The van der Waals surface area contributed by atoms with Gasteiger partial charge in [-0.2, -0.15) is 0 Å². The fourth-order valence-electron chi connectivity index (χ4n) is 3.43. The lowest BCUT2D eigenvalue weighted by Crippen LogP contribution is -2.49. The molecule has 22 heavy (non-hydrogen) atoms. The third-order valence-electron chi connectivity index (χ3n) is 4.79. The number of carbonyl (C=O) groups excluding carboxylic acids is 2. The number of benzene rings is 1. The second kappa shape index (κ2) is 5.28. The monoisotopic (exact) mass is 303 g/mol. The highest BCUT2D eigenvalue weighted by Crippen LogP contribution is 2.35. The molecule has 2 heterocycles. The van der Waals surface area contributed by atoms with E-state index in [9.17, 15) is 9.59 Å². The zero-order valence-corrected chi connectivity index (χ0v) is 13.2. The third kappa shape index (κ3) is 2.14. The summed E-state index contributed by atoms with van der Waals surface area (Å²) in [7, 11) is 4.93. The van der Waals surface area contributed by atoms with Crippen LogP contribution in [0.3, 0.4) is 0 Å². The van der Waals surface area contributed by atoms with Crippen LogP contribution in [0.25, 0.3) is 0 Å². The smallest absolute Gasteiger partial charge is 0.327 e. The largest absolute Gasteiger partial charge is 0.497 e. The lowest BCUT2D eigenvalue weighted by molar-refractivity contribution is -0.131. The van der Waals surface area contributed by atoms with Crippen LogP contribution in [0.5, 0.6) is 5.75 Å². The first-order valence-electron chi connectivity index (χ1n) is 7.39. The van der Waals surface area contributed by atoms with E-state index in [-0.39, 0.29) is 11.9 Å². The van der Waals surface area contributed by atoms with Crippen LogP contribution in [0, 0.1) is 0 Å². The zero-order valence-electron chi connectivity index (χ0n) is 13.2. The summed E-state index contributed by atoms with van der Waals surface area (Å²) >= 11 is 0. The molecule has 1 spiro atoms. The van der Waals surface area contributed by atoms with Crippen molar-refractivity contribution in [3.05, 3.63) is 29.8 Å². The summed E-state index contributed by atoms with van der Waals surface area (Å²) in [6, 6.07) is 7.71. The summed E-state index contributed by atoms with van der Waals surface area (Å²) in [6.07, 6.45) is 0.683. The van der Waals surface area contributed by atoms with E-state index >= 15 is 0 Å². The van der Waals surface area contributed by atoms with Gasteiger partial charge in [0.2, 0.25) is 0 Å². The van der Waals surface area contributed by atoms with E-state index < -0.39 is 5.54 Å². The minimum Gasteiger partial charge on any atom is -0.497 e. The van der Waals surface area contributed by atoms with Crippen molar-refractivity contribution in [2.45, 2.75) is 18.5 Å². The molecule has 1 aromatic rings. The molecule has 0 N–H and O–H groups in total. The Kier molecular flexibility index (Phi) is 3.56. The van der Waals surface area contributed by atoms with Crippen molar-refractivity contribution in [1.82, 2.24) is 14.7 Å². The lowest BCUT2D eigenvalue weighted by atomic mass is 9.97. The summed E-state index contributed by atoms with van der Waals surface area (Å²) in [6.45, 7) is 2.13. The minimum atomic E-state index is -0.690. The van der Waals surface area contributed by atoms with Gasteiger partial charge in [0.15, 0.2) is 0 Å². The average molecular weight is 303 g/mol. The number of likely N-dealkylation sites (tertiary alicyclic amines) is 1. The molecule has 6 heteroatoms. The quantitative estimate of drug-likeness (QED) is 0.787. The fourth-order valence-corrected chi connectivity index (χ4v) is 3.43. The summed E-state index contributed by atoms with van der Waals surface area (Å²) < 4.78 is 5.24. The molecule has 0 radical (unpaired) electrons. The number of hydrogen-bond acceptors (Lipinski definition) is 4. The molecule has 0 aromatic heterocycles. The number of amides is 3. The third-order valence-corrected chi connectivity index (χ3v) is 4.79. The van der Waals surface area contributed by atoms with E-state index in [0.29, 0.717) is 13.0 Å². The highest BCUT2D eigenvalue weighted by atomic mass is 16.5. The Morgan fingerprint density at radius 1 is 1.27 bits per heavy atom. The molecule has 6 nitrogen and oxygen atoms in total. The van der Waals surface area contributed by atoms with Crippen molar-refractivity contribution in [3.8, 4) is 5.75 Å². The van der Waals surface area contributed by atoms with Crippen LogP contribution >= 0.6 is 0 Å². The van der Waals surface area contributed by atoms with Crippen LogP contribution in [-0.4, -0.2) is 66.5 Å². The molecule has 2 aliphatic rings. The van der Waals surface area contributed by atoms with Crippen molar-refractivity contribution in [1.29, 1.82) is 0 Å². The van der Waals surface area contributed by atoms with Crippen LogP contribution in [0.1, 0.15) is 12.0 Å². The number of methoxy groups -OCH3 is 1. The maximum Gasteiger partial charge on any atom is 0.327 e. The molecule has 3 rings (SSSR count). The normalized spacial score (nSPS) is 25.6. The first kappa shape index (κ1) is 14.8. The molecule has 118 valence electrons. The summed E-state index contributed by atoms with van der Waals surface area (Å²) in [5, 5.41) is 0. The Labute approximate surface area is 130 Å². The van der Waals surface area contributed by atoms with Crippen LogP contribution in [-0.2, 0) is 11.3 Å². The molecule has 3 amide bonds. The molecule has 0 aliphatic carbocycles. The molecule has 0 bridgehead atoms. The van der Waals surface area contributed by atoms with Gasteiger partial charge in [-0.1, -0.05) is 12.1 Å². The van der Waals surface area contributed by atoms with E-state index in [2.05, 4.69) is 4.90 Å². The van der Waals surface area contributed by atoms with Crippen LogP contribution < -0.4 is 4.74 Å². The molecule has 2 aliphatic heterocycles. The second-order valence-electron chi connectivity index (χ2n) is 6.05. The molecule has 2 saturated heterocycles. The number of hydrogen-bond donors (Lipinski definition) is 0. The van der Waals surface area contributed by atoms with Crippen molar-refractivity contribution in [3.63, 3.8) is 0 Å². The number of nitrogens with zero attached hydrogens (tertiary/aromatic N) is 3. The van der Waals surface area contributed by atoms with Gasteiger partial charge in [-0.15, -0.1) is 0 Å². The van der Waals surface area contributed by atoms with Gasteiger partial charge in [0.1, 0.15) is 11.3 Å². The summed E-state index contributed by atoms with van der Waals surface area (Å²) in [5.74, 6) is 0.739. The van der Waals surface area contributed by atoms with E-state index in [0.717, 1.165) is 24.4 Å². The lowest BCUT2D eigenvalue weighted by Gasteiger charge is -2.28. The van der Waals surface area contributed by atoms with E-state index in [1.54, 1.807) is 26.1 Å². The van der Waals surface area contributed by atoms with E-state index in [1.165, 1.54) is 4.90 Å². The highest BCUT2D eigenvalue weighted by molar-refractivity contribution is 6.07. The number of likely N-dealkylation sites (N-methyl/N-ethyl adjacent to an activating group) is 2. The van der Waals surface area contributed by atoms with Crippen molar-refractivity contribution < 1.29 is 14.3 Å². The predicted octanol–water partition coefficient (Wildman–Crippen LogP) is 1.16. The van der Waals surface area contributed by atoms with Gasteiger partial charge in [0.05, 0.1) is 7.11 Å². The van der Waals surface area contributed by atoms with Gasteiger partial charge in [-0.25, -0.2) is 4.79 Å². The number of rotatable bonds is 3. The summed E-state index contributed by atoms with van der Waals surface area (Å²) in [4.78, 5) is 29.5. The van der Waals surface area contributed by atoms with Gasteiger partial charge in [0.25, 0.3) is 5.91 Å². The maximum atomic E-state index is 12.5. The Morgan fingerprint density at radius 3 is 2.68 bits per heavy atom. The van der Waals surface area contributed by atoms with Gasteiger partial charge in [-0.05, 0) is 24.1 Å². The Morgan fingerprint density at radius 2 is 2.05 bits per heavy atom. The van der Waals surface area contributed by atoms with Crippen molar-refractivity contribution in [2.24, 2.45) is 0 Å². The molecule has 1 atom stereocenters. The Hall–Kier alpha value is -2.08. The van der Waals surface area contributed by atoms with Crippen LogP contribution in [0.2, 0.25) is 0 Å². The topological polar surface area (TPSA) is 53.1 Å². The first-order valence-corrected chi connectivity index (χ1v) is 7.39. The van der Waals surface area contributed by atoms with Crippen LogP contribution in [0.4, 0.5) is 4.79 Å². The maximum absolute atomic E-state index is 12.5. The summed E-state index contributed by atoms with van der Waals surface area (Å²) in [5.41, 5.74) is 0.453. The molecule has 2 fully saturated rings. The van der Waals surface area contributed by atoms with Crippen molar-refractivity contribution >= 4 is 11.9 Å². The van der Waals surface area contributed by atoms with Gasteiger partial charge >= 0.3 is 6.03 Å². The Bertz CT molecular complexity index is 618. The number of imide groups is 1. The number of ether oxygens (including phenoxy) is 1. The molecular weight excluding hydrogens is 282 g/mol. The first-order chi connectivity index (χ1) is 10.5. The SMILES string of the molecule is COc1cccc(CN2CCC3(C2)C(=O)N(C)C(=O)N3C)c1. The molecule has 0 saturated carbocycles. The zero-order chi connectivity index (χ0) is 15.9. The fraction of sp³-hybridized carbons (Fsp3) is 0.500. The molecular formula is C16H21N3O3. The van der Waals surface area contributed by atoms with Gasteiger partial charge in [-0.3, -0.25) is 14.6 Å². The minimum absolute atomic E-state index is 0.0897. The van der Waals surface area contributed by atoms with Crippen molar-refractivity contribution in [2.75, 3.05) is 34.3 Å². The molecule has 1 unspecified atom stereocenters. The molecule has 1 aromatic carbocycles. The standard InChI is InChI=1S/C16H21N3O3/c1-17-14(20)16(18(2)15(17)21)7-8-19(11-16)10-12-5-4-6-13(9-12)22-3/h4-6,9H,7-8,10-11H2,1-3H3. The van der Waals surface area contributed by atoms with E-state index in [4.69, 9.17) is 4.74 Å². The van der Waals surface area contributed by atoms with Gasteiger partial charge in [0, 0.05) is 33.7 Å². The van der Waals surface area contributed by atoms with Gasteiger partial charge < -0.3 is 9.64 Å².